The number of carbonyl (C=O) groups excluding carboxylic acids is 1. The molecule has 0 unspecified atom stereocenters. The van der Waals surface area contributed by atoms with E-state index in [1.165, 1.54) is 0 Å². The smallest absolute Gasteiger partial charge is 0.224 e. The van der Waals surface area contributed by atoms with Crippen molar-refractivity contribution in [2.75, 3.05) is 13.1 Å². The third-order valence-electron chi connectivity index (χ3n) is 3.07. The van der Waals surface area contributed by atoms with Crippen molar-refractivity contribution in [3.05, 3.63) is 34.9 Å². The van der Waals surface area contributed by atoms with Crippen molar-refractivity contribution < 1.29 is 4.79 Å². The van der Waals surface area contributed by atoms with E-state index in [4.69, 9.17) is 17.3 Å². The fourth-order valence-electron chi connectivity index (χ4n) is 1.52. The average molecular weight is 311 g/mol. The third-order valence-corrected chi connectivity index (χ3v) is 3.44. The number of nitrogens with two attached hydrogens (primary N) is 1. The molecule has 1 amide bonds. The first-order chi connectivity index (χ1) is 9.86. The first-order valence-corrected chi connectivity index (χ1v) is 7.30. The minimum Gasteiger partial charge on any atom is -0.369 e. The maximum atomic E-state index is 11.3. The van der Waals surface area contributed by atoms with Gasteiger partial charge in [-0.05, 0) is 32.4 Å². The Morgan fingerprint density at radius 3 is 2.57 bits per heavy atom. The van der Waals surface area contributed by atoms with Crippen LogP contribution in [-0.2, 0) is 11.3 Å². The van der Waals surface area contributed by atoms with Gasteiger partial charge in [0.25, 0.3) is 0 Å². The summed E-state index contributed by atoms with van der Waals surface area (Å²) in [4.78, 5) is 15.8. The van der Waals surface area contributed by atoms with Crippen LogP contribution in [0.25, 0.3) is 0 Å². The summed E-state index contributed by atoms with van der Waals surface area (Å²) >= 11 is 6.10. The predicted molar refractivity (Wildman–Crippen MR) is 87.2 cm³/mol. The molecule has 6 heteroatoms. The third kappa shape index (κ3) is 5.63. The second kappa shape index (κ2) is 7.88. The molecule has 0 radical (unpaired) electrons. The molecule has 0 bridgehead atoms. The topological polar surface area (TPSA) is 79.5 Å². The monoisotopic (exact) mass is 310 g/mol. The van der Waals surface area contributed by atoms with Crippen LogP contribution in [0.2, 0.25) is 5.02 Å². The number of nitrogens with zero attached hydrogens (tertiary/aromatic N) is 1. The minimum atomic E-state index is -0.638. The van der Waals surface area contributed by atoms with Crippen molar-refractivity contribution in [2.45, 2.75) is 27.3 Å². The van der Waals surface area contributed by atoms with E-state index < -0.39 is 5.41 Å². The van der Waals surface area contributed by atoms with Crippen LogP contribution in [0.1, 0.15) is 26.3 Å². The SMILES string of the molecule is CCNC(=NCc1ccccc1Cl)NCC(C)(C)C(N)=O. The molecular formula is C15H23ClN4O. The molecule has 0 saturated heterocycles. The molecule has 4 N–H and O–H groups in total. The van der Waals surface area contributed by atoms with E-state index in [1.54, 1.807) is 13.8 Å². The molecule has 5 nitrogen and oxygen atoms in total. The van der Waals surface area contributed by atoms with Crippen molar-refractivity contribution in [1.29, 1.82) is 0 Å². The Kier molecular flexibility index (Phi) is 6.49. The molecule has 1 aromatic carbocycles. The number of guanidine groups is 1. The molecule has 0 aliphatic heterocycles. The van der Waals surface area contributed by atoms with Gasteiger partial charge < -0.3 is 16.4 Å². The lowest BCUT2D eigenvalue weighted by Gasteiger charge is -2.22. The summed E-state index contributed by atoms with van der Waals surface area (Å²) in [6, 6.07) is 7.58. The number of nitrogens with one attached hydrogen (secondary N) is 2. The highest BCUT2D eigenvalue weighted by molar-refractivity contribution is 6.31. The lowest BCUT2D eigenvalue weighted by molar-refractivity contribution is -0.125. The van der Waals surface area contributed by atoms with Gasteiger partial charge in [-0.25, -0.2) is 4.99 Å². The van der Waals surface area contributed by atoms with Gasteiger partial charge in [-0.15, -0.1) is 0 Å². The first-order valence-electron chi connectivity index (χ1n) is 6.92. The van der Waals surface area contributed by atoms with Crippen LogP contribution in [-0.4, -0.2) is 25.0 Å². The summed E-state index contributed by atoms with van der Waals surface area (Å²) in [6.45, 7) is 7.17. The highest BCUT2D eigenvalue weighted by Crippen LogP contribution is 2.15. The van der Waals surface area contributed by atoms with E-state index >= 15 is 0 Å². The van der Waals surface area contributed by atoms with Gasteiger partial charge in [0.1, 0.15) is 0 Å². The fourth-order valence-corrected chi connectivity index (χ4v) is 1.72. The van der Waals surface area contributed by atoms with Crippen LogP contribution in [0.3, 0.4) is 0 Å². The Hall–Kier alpha value is -1.75. The lowest BCUT2D eigenvalue weighted by Crippen LogP contribution is -2.46. The van der Waals surface area contributed by atoms with E-state index in [0.29, 0.717) is 24.1 Å². The van der Waals surface area contributed by atoms with Crippen LogP contribution in [0, 0.1) is 5.41 Å². The van der Waals surface area contributed by atoms with Crippen LogP contribution >= 0.6 is 11.6 Å². The zero-order chi connectivity index (χ0) is 15.9. The van der Waals surface area contributed by atoms with Crippen molar-refractivity contribution in [3.8, 4) is 0 Å². The zero-order valence-corrected chi connectivity index (χ0v) is 13.5. The fraction of sp³-hybridized carbons (Fsp3) is 0.467. The molecule has 1 rings (SSSR count). The molecule has 0 saturated carbocycles. The largest absolute Gasteiger partial charge is 0.369 e. The molecule has 0 aromatic heterocycles. The number of halogens is 1. The summed E-state index contributed by atoms with van der Waals surface area (Å²) < 4.78 is 0. The molecular weight excluding hydrogens is 288 g/mol. The zero-order valence-electron chi connectivity index (χ0n) is 12.7. The Bertz CT molecular complexity index is 514. The highest BCUT2D eigenvalue weighted by atomic mass is 35.5. The number of hydrogen-bond acceptors (Lipinski definition) is 2. The van der Waals surface area contributed by atoms with Crippen molar-refractivity contribution in [1.82, 2.24) is 10.6 Å². The maximum absolute atomic E-state index is 11.3. The quantitative estimate of drug-likeness (QED) is 0.554. The van der Waals surface area contributed by atoms with Crippen LogP contribution < -0.4 is 16.4 Å². The lowest BCUT2D eigenvalue weighted by atomic mass is 9.93. The van der Waals surface area contributed by atoms with Gasteiger partial charge in [0.2, 0.25) is 5.91 Å². The Morgan fingerprint density at radius 1 is 1.33 bits per heavy atom. The summed E-state index contributed by atoms with van der Waals surface area (Å²) in [5, 5.41) is 6.94. The average Bonchev–Trinajstić information content (AvgIpc) is 2.43. The van der Waals surface area contributed by atoms with E-state index in [2.05, 4.69) is 15.6 Å². The number of rotatable bonds is 6. The molecule has 0 spiro atoms. The van der Waals surface area contributed by atoms with Crippen molar-refractivity contribution in [2.24, 2.45) is 16.1 Å². The number of amides is 1. The number of carbonyl (C=O) groups is 1. The highest BCUT2D eigenvalue weighted by Gasteiger charge is 2.24. The molecule has 116 valence electrons. The molecule has 0 atom stereocenters. The van der Waals surface area contributed by atoms with E-state index in [1.807, 2.05) is 31.2 Å². The molecule has 1 aromatic rings. The van der Waals surface area contributed by atoms with E-state index in [9.17, 15) is 4.79 Å². The number of primary amides is 1. The van der Waals surface area contributed by atoms with Gasteiger partial charge >= 0.3 is 0 Å². The van der Waals surface area contributed by atoms with Gasteiger partial charge in [0.15, 0.2) is 5.96 Å². The second-order valence-corrected chi connectivity index (χ2v) is 5.80. The molecule has 0 heterocycles. The normalized spacial score (nSPS) is 12.1. The van der Waals surface area contributed by atoms with Gasteiger partial charge in [-0.1, -0.05) is 29.8 Å². The Labute approximate surface area is 131 Å². The molecule has 21 heavy (non-hydrogen) atoms. The van der Waals surface area contributed by atoms with Crippen LogP contribution in [0.4, 0.5) is 0 Å². The number of hydrogen-bond donors (Lipinski definition) is 3. The first kappa shape index (κ1) is 17.3. The summed E-state index contributed by atoms with van der Waals surface area (Å²) in [7, 11) is 0. The van der Waals surface area contributed by atoms with Crippen molar-refractivity contribution in [3.63, 3.8) is 0 Å². The van der Waals surface area contributed by atoms with Gasteiger partial charge in [0.05, 0.1) is 12.0 Å². The molecule has 0 aliphatic rings. The van der Waals surface area contributed by atoms with Crippen molar-refractivity contribution >= 4 is 23.5 Å². The second-order valence-electron chi connectivity index (χ2n) is 5.39. The minimum absolute atomic E-state index is 0.350. The summed E-state index contributed by atoms with van der Waals surface area (Å²) in [6.07, 6.45) is 0. The summed E-state index contributed by atoms with van der Waals surface area (Å²) in [5.74, 6) is 0.281. The van der Waals surface area contributed by atoms with Crippen LogP contribution in [0.15, 0.2) is 29.3 Å². The maximum Gasteiger partial charge on any atom is 0.224 e. The number of benzene rings is 1. The Morgan fingerprint density at radius 2 is 2.00 bits per heavy atom. The van der Waals surface area contributed by atoms with E-state index in [-0.39, 0.29) is 5.91 Å². The predicted octanol–water partition coefficient (Wildman–Crippen LogP) is 1.91. The van der Waals surface area contributed by atoms with Gasteiger partial charge in [-0.2, -0.15) is 0 Å². The number of aliphatic imine (C=N–C) groups is 1. The Balaban J connectivity index is 2.71. The van der Waals surface area contributed by atoms with Gasteiger partial charge in [-0.3, -0.25) is 4.79 Å². The van der Waals surface area contributed by atoms with Crippen LogP contribution in [0.5, 0.6) is 0 Å². The summed E-state index contributed by atoms with van der Waals surface area (Å²) in [5.41, 5.74) is 5.67. The van der Waals surface area contributed by atoms with E-state index in [0.717, 1.165) is 12.1 Å². The van der Waals surface area contributed by atoms with Gasteiger partial charge in [0, 0.05) is 18.1 Å². The molecule has 0 aliphatic carbocycles. The standard InChI is InChI=1S/C15H23ClN4O/c1-4-18-14(20-10-15(2,3)13(17)21)19-9-11-7-5-6-8-12(11)16/h5-8H,4,9-10H2,1-3H3,(H2,17,21)(H2,18,19,20). The molecule has 0 fully saturated rings.